The maximum Gasteiger partial charge on any atom is 0.322 e. The number of carbonyl (C=O) groups is 1. The Bertz CT molecular complexity index is 454. The summed E-state index contributed by atoms with van der Waals surface area (Å²) in [5.41, 5.74) is 6.19. The van der Waals surface area contributed by atoms with E-state index < -0.39 is 12.0 Å². The van der Waals surface area contributed by atoms with Gasteiger partial charge in [-0.15, -0.1) is 0 Å². The van der Waals surface area contributed by atoms with Gasteiger partial charge in [0.25, 0.3) is 0 Å². The number of carboxylic acid groups (broad SMARTS) is 1. The predicted octanol–water partition coefficient (Wildman–Crippen LogP) is 0.391. The Labute approximate surface area is 98.6 Å². The molecule has 0 saturated heterocycles. The zero-order chi connectivity index (χ0) is 12.8. The first-order chi connectivity index (χ1) is 8.10. The summed E-state index contributed by atoms with van der Waals surface area (Å²) in [7, 11) is 1.47. The molecule has 6 heteroatoms. The van der Waals surface area contributed by atoms with Crippen molar-refractivity contribution in [3.05, 3.63) is 23.8 Å². The number of nitrogens with two attached hydrogens (primary N) is 1. The van der Waals surface area contributed by atoms with E-state index in [-0.39, 0.29) is 6.54 Å². The molecule has 0 aliphatic heterocycles. The van der Waals surface area contributed by atoms with Crippen molar-refractivity contribution < 1.29 is 14.6 Å². The van der Waals surface area contributed by atoms with Crippen molar-refractivity contribution in [2.24, 2.45) is 5.73 Å². The van der Waals surface area contributed by atoms with Crippen LogP contribution in [0, 0.1) is 11.3 Å². The monoisotopic (exact) mass is 235 g/mol. The number of para-hydroxylation sites is 1. The number of nitriles is 1. The molecule has 1 aromatic rings. The van der Waals surface area contributed by atoms with Gasteiger partial charge in [0.15, 0.2) is 0 Å². The van der Waals surface area contributed by atoms with Crippen LogP contribution in [0.2, 0.25) is 0 Å². The van der Waals surface area contributed by atoms with Crippen molar-refractivity contribution in [1.29, 1.82) is 5.26 Å². The molecular weight excluding hydrogens is 222 g/mol. The highest BCUT2D eigenvalue weighted by molar-refractivity contribution is 5.75. The van der Waals surface area contributed by atoms with Crippen LogP contribution in [0.15, 0.2) is 18.2 Å². The Kier molecular flexibility index (Phi) is 4.31. The minimum Gasteiger partial charge on any atom is -0.495 e. The molecule has 0 saturated carbocycles. The van der Waals surface area contributed by atoms with Crippen molar-refractivity contribution in [3.8, 4) is 11.8 Å². The summed E-state index contributed by atoms with van der Waals surface area (Å²) in [6.07, 6.45) is 0. The Morgan fingerprint density at radius 1 is 1.71 bits per heavy atom. The molecule has 0 aliphatic carbocycles. The fraction of sp³-hybridized carbons (Fsp3) is 0.273. The SMILES string of the molecule is COc1cccc(C#N)c1NCC(N)C(=O)O. The maximum absolute atomic E-state index is 10.6. The summed E-state index contributed by atoms with van der Waals surface area (Å²) >= 11 is 0. The Balaban J connectivity index is 2.89. The second kappa shape index (κ2) is 5.72. The summed E-state index contributed by atoms with van der Waals surface area (Å²) in [6.45, 7) is 0.0182. The maximum atomic E-state index is 10.6. The first-order valence-electron chi connectivity index (χ1n) is 4.89. The second-order valence-corrected chi connectivity index (χ2v) is 3.32. The molecule has 4 N–H and O–H groups in total. The van der Waals surface area contributed by atoms with E-state index in [4.69, 9.17) is 20.8 Å². The highest BCUT2D eigenvalue weighted by Gasteiger charge is 2.14. The summed E-state index contributed by atoms with van der Waals surface area (Å²) < 4.78 is 5.08. The largest absolute Gasteiger partial charge is 0.495 e. The molecule has 1 unspecified atom stereocenters. The van der Waals surface area contributed by atoms with Crippen LogP contribution in [0.1, 0.15) is 5.56 Å². The number of nitrogens with one attached hydrogen (secondary N) is 1. The molecule has 0 aliphatic rings. The topological polar surface area (TPSA) is 108 Å². The van der Waals surface area contributed by atoms with Gasteiger partial charge >= 0.3 is 5.97 Å². The van der Waals surface area contributed by atoms with Gasteiger partial charge in [-0.25, -0.2) is 0 Å². The highest BCUT2D eigenvalue weighted by Crippen LogP contribution is 2.27. The highest BCUT2D eigenvalue weighted by atomic mass is 16.5. The van der Waals surface area contributed by atoms with Gasteiger partial charge in [-0.05, 0) is 12.1 Å². The van der Waals surface area contributed by atoms with Crippen LogP contribution in [-0.2, 0) is 4.79 Å². The van der Waals surface area contributed by atoms with Crippen molar-refractivity contribution in [3.63, 3.8) is 0 Å². The summed E-state index contributed by atoms with van der Waals surface area (Å²) in [5.74, 6) is -0.632. The number of ether oxygens (including phenoxy) is 1. The zero-order valence-electron chi connectivity index (χ0n) is 9.30. The lowest BCUT2D eigenvalue weighted by atomic mass is 10.1. The van der Waals surface area contributed by atoms with Crippen LogP contribution in [0.3, 0.4) is 0 Å². The van der Waals surface area contributed by atoms with Crippen LogP contribution in [0.5, 0.6) is 5.75 Å². The Morgan fingerprint density at radius 2 is 2.41 bits per heavy atom. The average Bonchev–Trinajstić information content (AvgIpc) is 2.34. The van der Waals surface area contributed by atoms with Gasteiger partial charge < -0.3 is 20.9 Å². The molecule has 17 heavy (non-hydrogen) atoms. The van der Waals surface area contributed by atoms with Crippen LogP contribution < -0.4 is 15.8 Å². The summed E-state index contributed by atoms with van der Waals surface area (Å²) in [5, 5.41) is 20.4. The number of anilines is 1. The standard InChI is InChI=1S/C11H13N3O3/c1-17-9-4-2-3-7(5-12)10(9)14-6-8(13)11(15)16/h2-4,8,14H,6,13H2,1H3,(H,15,16). The van der Waals surface area contributed by atoms with Crippen LogP contribution in [0.25, 0.3) is 0 Å². The third-order valence-corrected chi connectivity index (χ3v) is 2.18. The van der Waals surface area contributed by atoms with Gasteiger partial charge in [-0.1, -0.05) is 6.07 Å². The first-order valence-corrected chi connectivity index (χ1v) is 4.89. The zero-order valence-corrected chi connectivity index (χ0v) is 9.30. The lowest BCUT2D eigenvalue weighted by Crippen LogP contribution is -2.37. The average molecular weight is 235 g/mol. The van der Waals surface area contributed by atoms with E-state index in [0.717, 1.165) is 0 Å². The Hall–Kier alpha value is -2.26. The molecule has 0 amide bonds. The predicted molar refractivity (Wildman–Crippen MR) is 61.8 cm³/mol. The fourth-order valence-electron chi connectivity index (χ4n) is 1.28. The minimum atomic E-state index is -1.11. The molecule has 1 rings (SSSR count). The second-order valence-electron chi connectivity index (χ2n) is 3.32. The molecule has 6 nitrogen and oxygen atoms in total. The molecule has 0 spiro atoms. The number of benzene rings is 1. The quantitative estimate of drug-likeness (QED) is 0.681. The summed E-state index contributed by atoms with van der Waals surface area (Å²) in [4.78, 5) is 10.6. The smallest absolute Gasteiger partial charge is 0.322 e. The van der Waals surface area contributed by atoms with Crippen molar-refractivity contribution >= 4 is 11.7 Å². The number of hydrogen-bond donors (Lipinski definition) is 3. The van der Waals surface area contributed by atoms with Crippen LogP contribution in [0.4, 0.5) is 5.69 Å². The lowest BCUT2D eigenvalue weighted by molar-refractivity contribution is -0.138. The van der Waals surface area contributed by atoms with E-state index >= 15 is 0 Å². The van der Waals surface area contributed by atoms with Crippen molar-refractivity contribution in [2.75, 3.05) is 19.0 Å². The van der Waals surface area contributed by atoms with Crippen molar-refractivity contribution in [2.45, 2.75) is 6.04 Å². The van der Waals surface area contributed by atoms with Crippen molar-refractivity contribution in [1.82, 2.24) is 0 Å². The van der Waals surface area contributed by atoms with E-state index in [1.807, 2.05) is 6.07 Å². The van der Waals surface area contributed by atoms with E-state index in [9.17, 15) is 4.79 Å². The van der Waals surface area contributed by atoms with Crippen LogP contribution in [-0.4, -0.2) is 30.8 Å². The van der Waals surface area contributed by atoms with Gasteiger partial charge in [0, 0.05) is 6.54 Å². The van der Waals surface area contributed by atoms with E-state index in [0.29, 0.717) is 17.0 Å². The molecule has 0 radical (unpaired) electrons. The molecular formula is C11H13N3O3. The first kappa shape index (κ1) is 12.8. The van der Waals surface area contributed by atoms with Gasteiger partial charge in [-0.3, -0.25) is 4.79 Å². The molecule has 1 aromatic carbocycles. The number of nitrogens with zero attached hydrogens (tertiary/aromatic N) is 1. The van der Waals surface area contributed by atoms with Gasteiger partial charge in [0.05, 0.1) is 18.4 Å². The van der Waals surface area contributed by atoms with Gasteiger partial charge in [0.2, 0.25) is 0 Å². The molecule has 0 bridgehead atoms. The molecule has 90 valence electrons. The lowest BCUT2D eigenvalue weighted by Gasteiger charge is -2.14. The van der Waals surface area contributed by atoms with E-state index in [2.05, 4.69) is 5.32 Å². The molecule has 1 atom stereocenters. The molecule has 0 fully saturated rings. The normalized spacial score (nSPS) is 11.4. The number of hydrogen-bond acceptors (Lipinski definition) is 5. The Morgan fingerprint density at radius 3 is 2.94 bits per heavy atom. The summed E-state index contributed by atoms with van der Waals surface area (Å²) in [6, 6.07) is 5.92. The number of methoxy groups -OCH3 is 1. The number of aliphatic carboxylic acids is 1. The third-order valence-electron chi connectivity index (χ3n) is 2.18. The third kappa shape index (κ3) is 3.09. The van der Waals surface area contributed by atoms with E-state index in [1.165, 1.54) is 7.11 Å². The number of rotatable bonds is 5. The fourth-order valence-corrected chi connectivity index (χ4v) is 1.28. The minimum absolute atomic E-state index is 0.0182. The molecule has 0 heterocycles. The van der Waals surface area contributed by atoms with E-state index in [1.54, 1.807) is 18.2 Å². The van der Waals surface area contributed by atoms with Gasteiger partial charge in [0.1, 0.15) is 17.9 Å². The number of carboxylic acids is 1. The van der Waals surface area contributed by atoms with Gasteiger partial charge in [-0.2, -0.15) is 5.26 Å². The molecule has 0 aromatic heterocycles. The van der Waals surface area contributed by atoms with Crippen LogP contribution >= 0.6 is 0 Å².